The highest BCUT2D eigenvalue weighted by Crippen LogP contribution is 2.31. The summed E-state index contributed by atoms with van der Waals surface area (Å²) in [7, 11) is 0. The van der Waals surface area contributed by atoms with Crippen molar-refractivity contribution in [1.82, 2.24) is 0 Å². The molecular weight excluding hydrogens is 237 g/mol. The molecule has 1 aromatic rings. The summed E-state index contributed by atoms with van der Waals surface area (Å²) < 4.78 is 13.3. The topological polar surface area (TPSA) is 26.0 Å². The fourth-order valence-corrected chi connectivity index (χ4v) is 2.78. The second-order valence-corrected chi connectivity index (χ2v) is 5.43. The van der Waals surface area contributed by atoms with E-state index in [1.54, 1.807) is 6.07 Å². The first-order chi connectivity index (χ1) is 8.16. The molecule has 1 saturated carbocycles. The molecule has 1 fully saturated rings. The van der Waals surface area contributed by atoms with Crippen LogP contribution in [-0.2, 0) is 0 Å². The Morgan fingerprint density at radius 2 is 2.00 bits per heavy atom. The number of benzene rings is 1. The molecule has 17 heavy (non-hydrogen) atoms. The molecule has 1 aromatic carbocycles. The smallest absolute Gasteiger partial charge is 0.142 e. The van der Waals surface area contributed by atoms with Crippen LogP contribution in [0.5, 0.6) is 0 Å². The zero-order valence-corrected chi connectivity index (χ0v) is 10.7. The number of hydrogen-bond acceptors (Lipinski definition) is 1. The van der Waals surface area contributed by atoms with Crippen molar-refractivity contribution in [2.45, 2.75) is 44.6 Å². The molecule has 0 amide bonds. The first kappa shape index (κ1) is 12.8. The van der Waals surface area contributed by atoms with Crippen molar-refractivity contribution in [2.75, 3.05) is 0 Å². The molecule has 1 aliphatic rings. The molecular formula is C14H19ClFN. The third kappa shape index (κ3) is 3.43. The lowest BCUT2D eigenvalue weighted by Gasteiger charge is -2.24. The van der Waals surface area contributed by atoms with Gasteiger partial charge in [0.1, 0.15) is 5.82 Å². The van der Waals surface area contributed by atoms with Crippen LogP contribution in [0.15, 0.2) is 18.2 Å². The quantitative estimate of drug-likeness (QED) is 0.849. The summed E-state index contributed by atoms with van der Waals surface area (Å²) in [5.74, 6) is 0.334. The lowest BCUT2D eigenvalue weighted by Crippen LogP contribution is -2.17. The summed E-state index contributed by atoms with van der Waals surface area (Å²) in [5, 5.41) is 0.165. The molecule has 1 nitrogen and oxygen atoms in total. The van der Waals surface area contributed by atoms with Gasteiger partial charge in [-0.05, 0) is 30.0 Å². The summed E-state index contributed by atoms with van der Waals surface area (Å²) in [6.45, 7) is 0. The molecule has 0 spiro atoms. The number of halogens is 2. The van der Waals surface area contributed by atoms with Gasteiger partial charge in [0.15, 0.2) is 0 Å². The summed E-state index contributed by atoms with van der Waals surface area (Å²) in [5.41, 5.74) is 6.99. The zero-order valence-electron chi connectivity index (χ0n) is 9.96. The van der Waals surface area contributed by atoms with Gasteiger partial charge in [-0.3, -0.25) is 0 Å². The van der Waals surface area contributed by atoms with Crippen LogP contribution in [0.3, 0.4) is 0 Å². The largest absolute Gasteiger partial charge is 0.324 e. The van der Waals surface area contributed by atoms with Crippen LogP contribution in [-0.4, -0.2) is 0 Å². The molecule has 94 valence electrons. The Hall–Kier alpha value is -0.600. The average Bonchev–Trinajstić information content (AvgIpc) is 2.34. The zero-order chi connectivity index (χ0) is 12.3. The molecule has 0 aliphatic heterocycles. The third-order valence-electron chi connectivity index (χ3n) is 3.68. The number of hydrogen-bond donors (Lipinski definition) is 1. The summed E-state index contributed by atoms with van der Waals surface area (Å²) >= 11 is 5.66. The summed E-state index contributed by atoms with van der Waals surface area (Å²) in [4.78, 5) is 0. The van der Waals surface area contributed by atoms with E-state index in [0.717, 1.165) is 12.0 Å². The highest BCUT2D eigenvalue weighted by atomic mass is 35.5. The Morgan fingerprint density at radius 1 is 1.29 bits per heavy atom. The maximum atomic E-state index is 13.3. The first-order valence-electron chi connectivity index (χ1n) is 6.37. The fraction of sp³-hybridized carbons (Fsp3) is 0.571. The predicted molar refractivity (Wildman–Crippen MR) is 69.5 cm³/mol. The molecule has 1 aliphatic carbocycles. The van der Waals surface area contributed by atoms with E-state index in [2.05, 4.69) is 0 Å². The van der Waals surface area contributed by atoms with Crippen LogP contribution < -0.4 is 5.73 Å². The molecule has 0 heterocycles. The monoisotopic (exact) mass is 255 g/mol. The summed E-state index contributed by atoms with van der Waals surface area (Å²) in [6, 6.07) is 4.83. The Morgan fingerprint density at radius 3 is 2.65 bits per heavy atom. The Bertz CT molecular complexity index is 374. The highest BCUT2D eigenvalue weighted by molar-refractivity contribution is 6.30. The van der Waals surface area contributed by atoms with E-state index in [9.17, 15) is 4.39 Å². The van der Waals surface area contributed by atoms with Crippen molar-refractivity contribution in [3.8, 4) is 0 Å². The van der Waals surface area contributed by atoms with E-state index in [4.69, 9.17) is 17.3 Å². The van der Waals surface area contributed by atoms with Gasteiger partial charge in [0, 0.05) is 6.04 Å². The first-order valence-corrected chi connectivity index (χ1v) is 6.75. The van der Waals surface area contributed by atoms with E-state index in [0.29, 0.717) is 5.92 Å². The minimum absolute atomic E-state index is 0.0649. The maximum Gasteiger partial charge on any atom is 0.142 e. The van der Waals surface area contributed by atoms with Crippen molar-refractivity contribution >= 4 is 11.6 Å². The molecule has 1 atom stereocenters. The molecule has 0 saturated heterocycles. The minimum atomic E-state index is -0.372. The van der Waals surface area contributed by atoms with Gasteiger partial charge >= 0.3 is 0 Å². The third-order valence-corrected chi connectivity index (χ3v) is 3.99. The average molecular weight is 256 g/mol. The van der Waals surface area contributed by atoms with Gasteiger partial charge in [-0.2, -0.15) is 0 Å². The van der Waals surface area contributed by atoms with Crippen LogP contribution in [0.1, 0.15) is 50.1 Å². The number of rotatable bonds is 3. The van der Waals surface area contributed by atoms with E-state index >= 15 is 0 Å². The van der Waals surface area contributed by atoms with E-state index < -0.39 is 0 Å². The van der Waals surface area contributed by atoms with Gasteiger partial charge < -0.3 is 5.73 Å². The van der Waals surface area contributed by atoms with Crippen molar-refractivity contribution in [1.29, 1.82) is 0 Å². The lowest BCUT2D eigenvalue weighted by molar-refractivity contribution is 0.319. The Kier molecular flexibility index (Phi) is 4.41. The lowest BCUT2D eigenvalue weighted by atomic mass is 9.83. The summed E-state index contributed by atoms with van der Waals surface area (Å²) in [6.07, 6.45) is 7.47. The molecule has 2 N–H and O–H groups in total. The van der Waals surface area contributed by atoms with Gasteiger partial charge in [-0.1, -0.05) is 49.8 Å². The highest BCUT2D eigenvalue weighted by Gasteiger charge is 2.18. The van der Waals surface area contributed by atoms with Crippen molar-refractivity contribution < 1.29 is 4.39 Å². The molecule has 0 radical (unpaired) electrons. The second kappa shape index (κ2) is 5.83. The Balaban J connectivity index is 1.98. The van der Waals surface area contributed by atoms with Gasteiger partial charge in [0.2, 0.25) is 0 Å². The van der Waals surface area contributed by atoms with Crippen molar-refractivity contribution in [3.05, 3.63) is 34.6 Å². The minimum Gasteiger partial charge on any atom is -0.324 e. The van der Waals surface area contributed by atoms with Crippen LogP contribution in [0.4, 0.5) is 4.39 Å². The Labute approximate surface area is 107 Å². The van der Waals surface area contributed by atoms with Crippen molar-refractivity contribution in [3.63, 3.8) is 0 Å². The molecule has 2 rings (SSSR count). The van der Waals surface area contributed by atoms with Gasteiger partial charge in [0.25, 0.3) is 0 Å². The van der Waals surface area contributed by atoms with Crippen LogP contribution in [0, 0.1) is 11.7 Å². The van der Waals surface area contributed by atoms with Crippen LogP contribution >= 0.6 is 11.6 Å². The molecule has 0 bridgehead atoms. The van der Waals surface area contributed by atoms with Gasteiger partial charge in [-0.15, -0.1) is 0 Å². The second-order valence-electron chi connectivity index (χ2n) is 5.02. The normalized spacial score (nSPS) is 19.2. The van der Waals surface area contributed by atoms with Crippen molar-refractivity contribution in [2.24, 2.45) is 11.7 Å². The SMILES string of the molecule is NC(CC1CCCCC1)c1ccc(Cl)c(F)c1. The van der Waals surface area contributed by atoms with E-state index in [1.807, 2.05) is 6.07 Å². The van der Waals surface area contributed by atoms with Crippen LogP contribution in [0.25, 0.3) is 0 Å². The fourth-order valence-electron chi connectivity index (χ4n) is 2.66. The predicted octanol–water partition coefficient (Wildman–Crippen LogP) is 4.45. The van der Waals surface area contributed by atoms with Gasteiger partial charge in [0.05, 0.1) is 5.02 Å². The van der Waals surface area contributed by atoms with E-state index in [-0.39, 0.29) is 16.9 Å². The van der Waals surface area contributed by atoms with Crippen LogP contribution in [0.2, 0.25) is 5.02 Å². The molecule has 1 unspecified atom stereocenters. The molecule has 0 aromatic heterocycles. The maximum absolute atomic E-state index is 13.3. The van der Waals surface area contributed by atoms with Gasteiger partial charge in [-0.25, -0.2) is 4.39 Å². The van der Waals surface area contributed by atoms with E-state index in [1.165, 1.54) is 38.2 Å². The molecule has 3 heteroatoms. The standard InChI is InChI=1S/C14H19ClFN/c15-12-7-6-11(9-13(12)16)14(17)8-10-4-2-1-3-5-10/h6-7,9-10,14H,1-5,8,17H2. The number of nitrogens with two attached hydrogens (primary N) is 1.